The second kappa shape index (κ2) is 6.20. The van der Waals surface area contributed by atoms with Gasteiger partial charge in [0.2, 0.25) is 5.89 Å². The number of rotatable bonds is 4. The number of hydrogen-bond donors (Lipinski definition) is 0. The van der Waals surface area contributed by atoms with Crippen LogP contribution in [-0.4, -0.2) is 32.3 Å². The molecule has 25 heavy (non-hydrogen) atoms. The van der Waals surface area contributed by atoms with Crippen molar-refractivity contribution in [2.45, 2.75) is 6.92 Å². The summed E-state index contributed by atoms with van der Waals surface area (Å²) in [7, 11) is 1.63. The van der Waals surface area contributed by atoms with E-state index in [1.807, 2.05) is 61.5 Å². The molecule has 0 unspecified atom stereocenters. The second-order valence-electron chi connectivity index (χ2n) is 5.42. The van der Waals surface area contributed by atoms with E-state index in [-0.39, 0.29) is 0 Å². The fourth-order valence-electron chi connectivity index (χ4n) is 2.53. The zero-order valence-electron chi connectivity index (χ0n) is 13.7. The van der Waals surface area contributed by atoms with Crippen LogP contribution in [0, 0.1) is 6.92 Å². The van der Waals surface area contributed by atoms with Crippen LogP contribution in [0.1, 0.15) is 5.69 Å². The van der Waals surface area contributed by atoms with Gasteiger partial charge in [-0.3, -0.25) is 0 Å². The number of methoxy groups -OCH3 is 1. The maximum absolute atomic E-state index is 5.77. The molecular formula is C18H15N5O2. The zero-order chi connectivity index (χ0) is 17.2. The van der Waals surface area contributed by atoms with Crippen LogP contribution < -0.4 is 4.74 Å². The van der Waals surface area contributed by atoms with E-state index >= 15 is 0 Å². The van der Waals surface area contributed by atoms with Crippen LogP contribution in [0.15, 0.2) is 59.0 Å². The van der Waals surface area contributed by atoms with Crippen molar-refractivity contribution in [2.75, 3.05) is 7.11 Å². The summed E-state index contributed by atoms with van der Waals surface area (Å²) in [6.45, 7) is 1.90. The molecule has 0 fully saturated rings. The van der Waals surface area contributed by atoms with Crippen LogP contribution in [0.3, 0.4) is 0 Å². The normalized spacial score (nSPS) is 10.8. The fraction of sp³-hybridized carbons (Fsp3) is 0.111. The molecule has 0 amide bonds. The highest BCUT2D eigenvalue weighted by atomic mass is 16.5. The number of hydrogen-bond acceptors (Lipinski definition) is 6. The van der Waals surface area contributed by atoms with Crippen molar-refractivity contribution < 1.29 is 9.15 Å². The summed E-state index contributed by atoms with van der Waals surface area (Å²) in [5, 5.41) is 16.6. The van der Waals surface area contributed by atoms with Crippen molar-refractivity contribution in [3.8, 4) is 34.5 Å². The highest BCUT2D eigenvalue weighted by Crippen LogP contribution is 2.26. The minimum absolute atomic E-state index is 0.338. The van der Waals surface area contributed by atoms with Crippen molar-refractivity contribution in [1.82, 2.24) is 25.2 Å². The topological polar surface area (TPSA) is 78.9 Å². The maximum Gasteiger partial charge on any atom is 0.270 e. The average molecular weight is 333 g/mol. The first-order chi connectivity index (χ1) is 12.3. The standard InChI is InChI=1S/C18H15N5O2/c1-12-16(18-21-20-17(25-18)13-7-4-3-5-8-13)19-22-23(12)14-9-6-10-15(11-14)24-2/h3-11H,1-2H3. The van der Waals surface area contributed by atoms with E-state index in [1.54, 1.807) is 11.8 Å². The maximum atomic E-state index is 5.77. The summed E-state index contributed by atoms with van der Waals surface area (Å²) in [6, 6.07) is 17.2. The van der Waals surface area contributed by atoms with Crippen LogP contribution in [0.25, 0.3) is 28.7 Å². The molecule has 0 N–H and O–H groups in total. The Hall–Kier alpha value is -3.48. The summed E-state index contributed by atoms with van der Waals surface area (Å²) in [5.74, 6) is 1.54. The van der Waals surface area contributed by atoms with Gasteiger partial charge in [-0.2, -0.15) is 0 Å². The lowest BCUT2D eigenvalue weighted by atomic mass is 10.2. The van der Waals surface area contributed by atoms with Crippen molar-refractivity contribution in [1.29, 1.82) is 0 Å². The molecule has 4 aromatic rings. The average Bonchev–Trinajstić information content (AvgIpc) is 3.29. The molecule has 0 aliphatic carbocycles. The molecule has 0 aliphatic rings. The van der Waals surface area contributed by atoms with E-state index in [9.17, 15) is 0 Å². The Morgan fingerprint density at radius 1 is 0.920 bits per heavy atom. The third kappa shape index (κ3) is 2.76. The summed E-state index contributed by atoms with van der Waals surface area (Å²) in [4.78, 5) is 0. The van der Waals surface area contributed by atoms with Crippen molar-refractivity contribution >= 4 is 0 Å². The molecule has 7 heteroatoms. The van der Waals surface area contributed by atoms with Gasteiger partial charge in [0.1, 0.15) is 5.75 Å². The van der Waals surface area contributed by atoms with E-state index in [0.29, 0.717) is 17.5 Å². The van der Waals surface area contributed by atoms with Crippen LogP contribution >= 0.6 is 0 Å². The predicted octanol–water partition coefficient (Wildman–Crippen LogP) is 3.30. The van der Waals surface area contributed by atoms with Gasteiger partial charge in [-0.15, -0.1) is 15.3 Å². The molecule has 0 spiro atoms. The van der Waals surface area contributed by atoms with E-state index in [0.717, 1.165) is 22.7 Å². The summed E-state index contributed by atoms with van der Waals surface area (Å²) < 4.78 is 12.7. The Balaban J connectivity index is 1.71. The Morgan fingerprint density at radius 2 is 1.72 bits per heavy atom. The molecule has 7 nitrogen and oxygen atoms in total. The van der Waals surface area contributed by atoms with E-state index in [4.69, 9.17) is 9.15 Å². The van der Waals surface area contributed by atoms with Gasteiger partial charge < -0.3 is 9.15 Å². The number of benzene rings is 2. The number of aromatic nitrogens is 5. The molecule has 0 saturated heterocycles. The molecule has 4 rings (SSSR count). The first kappa shape index (κ1) is 15.1. The van der Waals surface area contributed by atoms with Crippen LogP contribution in [-0.2, 0) is 0 Å². The Bertz CT molecular complexity index is 1010. The van der Waals surface area contributed by atoms with E-state index < -0.39 is 0 Å². The predicted molar refractivity (Wildman–Crippen MR) is 91.4 cm³/mol. The molecule has 0 bridgehead atoms. The SMILES string of the molecule is COc1cccc(-n2nnc(-c3nnc(-c4ccccc4)o3)c2C)c1. The lowest BCUT2D eigenvalue weighted by Gasteiger charge is -2.05. The first-order valence-electron chi connectivity index (χ1n) is 7.72. The van der Waals surface area contributed by atoms with Crippen LogP contribution in [0.4, 0.5) is 0 Å². The van der Waals surface area contributed by atoms with Crippen molar-refractivity contribution in [3.05, 3.63) is 60.3 Å². The van der Waals surface area contributed by atoms with Gasteiger partial charge in [0.05, 0.1) is 18.5 Å². The van der Waals surface area contributed by atoms with Gasteiger partial charge >= 0.3 is 0 Å². The molecular weight excluding hydrogens is 318 g/mol. The lowest BCUT2D eigenvalue weighted by molar-refractivity contribution is 0.414. The molecule has 0 aliphatic heterocycles. The Labute approximate surface area is 143 Å². The zero-order valence-corrected chi connectivity index (χ0v) is 13.7. The van der Waals surface area contributed by atoms with Gasteiger partial charge in [0, 0.05) is 11.6 Å². The fourth-order valence-corrected chi connectivity index (χ4v) is 2.53. The lowest BCUT2D eigenvalue weighted by Crippen LogP contribution is -1.99. The largest absolute Gasteiger partial charge is 0.497 e. The quantitative estimate of drug-likeness (QED) is 0.570. The summed E-state index contributed by atoms with van der Waals surface area (Å²) in [5.41, 5.74) is 3.06. The molecule has 0 saturated carbocycles. The highest BCUT2D eigenvalue weighted by molar-refractivity contribution is 5.57. The summed E-state index contributed by atoms with van der Waals surface area (Å²) >= 11 is 0. The third-order valence-electron chi connectivity index (χ3n) is 3.84. The van der Waals surface area contributed by atoms with Crippen LogP contribution in [0.2, 0.25) is 0 Å². The molecule has 2 aromatic carbocycles. The number of nitrogens with zero attached hydrogens (tertiary/aromatic N) is 5. The Kier molecular flexibility index (Phi) is 3.74. The summed E-state index contributed by atoms with van der Waals surface area (Å²) in [6.07, 6.45) is 0. The van der Waals surface area contributed by atoms with Crippen LogP contribution in [0.5, 0.6) is 5.75 Å². The van der Waals surface area contributed by atoms with Gasteiger partial charge in [0.15, 0.2) is 5.69 Å². The molecule has 2 aromatic heterocycles. The van der Waals surface area contributed by atoms with Gasteiger partial charge in [-0.1, -0.05) is 29.5 Å². The van der Waals surface area contributed by atoms with Gasteiger partial charge in [0.25, 0.3) is 5.89 Å². The second-order valence-corrected chi connectivity index (χ2v) is 5.42. The van der Waals surface area contributed by atoms with E-state index in [2.05, 4.69) is 20.5 Å². The molecule has 0 atom stereocenters. The van der Waals surface area contributed by atoms with Crippen molar-refractivity contribution in [3.63, 3.8) is 0 Å². The minimum atomic E-state index is 0.338. The van der Waals surface area contributed by atoms with Crippen molar-refractivity contribution in [2.24, 2.45) is 0 Å². The molecule has 2 heterocycles. The first-order valence-corrected chi connectivity index (χ1v) is 7.72. The molecule has 124 valence electrons. The smallest absolute Gasteiger partial charge is 0.270 e. The number of ether oxygens (including phenoxy) is 1. The molecule has 0 radical (unpaired) electrons. The van der Waals surface area contributed by atoms with Gasteiger partial charge in [-0.25, -0.2) is 4.68 Å². The monoisotopic (exact) mass is 333 g/mol. The van der Waals surface area contributed by atoms with Gasteiger partial charge in [-0.05, 0) is 31.2 Å². The Morgan fingerprint density at radius 3 is 2.52 bits per heavy atom. The highest BCUT2D eigenvalue weighted by Gasteiger charge is 2.18. The third-order valence-corrected chi connectivity index (χ3v) is 3.84. The van der Waals surface area contributed by atoms with E-state index in [1.165, 1.54) is 0 Å². The minimum Gasteiger partial charge on any atom is -0.497 e.